The van der Waals surface area contributed by atoms with Gasteiger partial charge in [-0.05, 0) is 118 Å². The van der Waals surface area contributed by atoms with Gasteiger partial charge in [-0.2, -0.15) is 10.5 Å². The summed E-state index contributed by atoms with van der Waals surface area (Å²) in [5.74, 6) is -0.723. The normalized spacial score (nSPS) is 15.3. The predicted octanol–water partition coefficient (Wildman–Crippen LogP) is 11.6. The first-order valence-corrected chi connectivity index (χ1v) is 23.8. The SMILES string of the molecule is CCCCCCN(CCCCCC)c1ccc(/C=C2/C(=C(C#N)C#N)c3ccccc3S2(=O)=O)c(C)c1.CCN(CC)c1ccc(N=C2C=C(NC(C)=O)C(=O)C(Cl)=C2C)c(C)c1. The number of nitrogens with zero attached hydrogens (tertiary/aromatic N) is 5. The Morgan fingerprint density at radius 1 is 0.810 bits per heavy atom. The zero-order valence-electron chi connectivity index (χ0n) is 38.1. The van der Waals surface area contributed by atoms with E-state index in [0.29, 0.717) is 16.8 Å². The van der Waals surface area contributed by atoms with Crippen molar-refractivity contribution in [3.05, 3.63) is 116 Å². The van der Waals surface area contributed by atoms with Crippen molar-refractivity contribution in [2.75, 3.05) is 36.0 Å². The minimum absolute atomic E-state index is 0.0126. The molecule has 1 N–H and O–H groups in total. The molecule has 12 heteroatoms. The summed E-state index contributed by atoms with van der Waals surface area (Å²) in [7, 11) is -3.85. The van der Waals surface area contributed by atoms with Crippen LogP contribution in [0.1, 0.15) is 115 Å². The van der Waals surface area contributed by atoms with Crippen LogP contribution >= 0.6 is 11.6 Å². The Kier molecular flexibility index (Phi) is 18.7. The van der Waals surface area contributed by atoms with Crippen molar-refractivity contribution < 1.29 is 18.0 Å². The number of rotatable bonds is 17. The smallest absolute Gasteiger partial charge is 0.221 e. The number of halogens is 1. The summed E-state index contributed by atoms with van der Waals surface area (Å²) in [6.45, 7) is 19.7. The van der Waals surface area contributed by atoms with E-state index in [9.17, 15) is 28.5 Å². The van der Waals surface area contributed by atoms with Crippen LogP contribution in [0, 0.1) is 36.5 Å². The lowest BCUT2D eigenvalue weighted by Gasteiger charge is -2.26. The number of aryl methyl sites for hydroxylation is 2. The number of unbranched alkanes of at least 4 members (excludes halogenated alkanes) is 6. The van der Waals surface area contributed by atoms with E-state index < -0.39 is 15.6 Å². The lowest BCUT2D eigenvalue weighted by molar-refractivity contribution is -0.120. The number of amides is 1. The highest BCUT2D eigenvalue weighted by Gasteiger charge is 2.38. The molecule has 0 radical (unpaired) electrons. The highest BCUT2D eigenvalue weighted by Crippen LogP contribution is 2.45. The van der Waals surface area contributed by atoms with Gasteiger partial charge in [0.25, 0.3) is 0 Å². The van der Waals surface area contributed by atoms with Gasteiger partial charge in [0, 0.05) is 55.6 Å². The molecule has 1 heterocycles. The van der Waals surface area contributed by atoms with Gasteiger partial charge in [0.1, 0.15) is 17.7 Å². The van der Waals surface area contributed by atoms with E-state index in [4.69, 9.17) is 11.6 Å². The number of carbonyl (C=O) groups excluding carboxylic acids is 2. The molecule has 0 saturated carbocycles. The maximum Gasteiger partial charge on any atom is 0.221 e. The minimum atomic E-state index is -3.85. The van der Waals surface area contributed by atoms with Crippen LogP contribution in [0.15, 0.2) is 103 Å². The number of carbonyl (C=O) groups is 2. The fourth-order valence-electron chi connectivity index (χ4n) is 7.62. The van der Waals surface area contributed by atoms with Crippen LogP contribution in [0.3, 0.4) is 0 Å². The third kappa shape index (κ3) is 12.5. The standard InChI is InChI=1S/C31H37N3O2S.C20H24ClN3O2/c1-4-6-8-12-18-34(19-13-9-7-5-2)27-17-16-25(24(3)20-27)21-30-31(26(22-32)23-33)28-14-10-11-15-29(28)37(30,35)36;1-6-24(7-2)15-8-9-16(12(3)10-15)23-17-11-18(22-14(5)25)20(26)19(21)13(17)4/h10-11,14-17,20-21H,4-9,12-13,18-19H2,1-3H3;8-11H,6-7H2,1-5H3,(H,22,25)/b30-21-;. The predicted molar refractivity (Wildman–Crippen MR) is 259 cm³/mol. The van der Waals surface area contributed by atoms with E-state index in [1.165, 1.54) is 51.5 Å². The summed E-state index contributed by atoms with van der Waals surface area (Å²) in [4.78, 5) is 33.0. The molecule has 2 aliphatic rings. The van der Waals surface area contributed by atoms with Gasteiger partial charge in [-0.15, -0.1) is 0 Å². The number of nitriles is 2. The summed E-state index contributed by atoms with van der Waals surface area (Å²) in [5.41, 5.74) is 7.55. The van der Waals surface area contributed by atoms with Crippen molar-refractivity contribution >= 4 is 67.6 Å². The number of nitrogens with one attached hydrogen (secondary N) is 1. The number of allylic oxidation sites excluding steroid dienone is 5. The maximum absolute atomic E-state index is 13.4. The number of anilines is 2. The largest absolute Gasteiger partial charge is 0.372 e. The zero-order chi connectivity index (χ0) is 46.3. The topological polar surface area (TPSA) is 147 Å². The maximum atomic E-state index is 13.4. The molecule has 5 rings (SSSR count). The molecule has 10 nitrogen and oxygen atoms in total. The monoisotopic (exact) mass is 888 g/mol. The highest BCUT2D eigenvalue weighted by molar-refractivity contribution is 7.96. The number of aliphatic imine (C=N–C) groups is 1. The van der Waals surface area contributed by atoms with Gasteiger partial charge >= 0.3 is 0 Å². The molecular formula is C51H61ClN6O4S. The van der Waals surface area contributed by atoms with Crippen LogP contribution in [-0.2, 0) is 19.4 Å². The first kappa shape index (κ1) is 49.9. The Morgan fingerprint density at radius 3 is 1.95 bits per heavy atom. The van der Waals surface area contributed by atoms with E-state index >= 15 is 0 Å². The number of hydrogen-bond donors (Lipinski definition) is 1. The minimum Gasteiger partial charge on any atom is -0.372 e. The number of hydrogen-bond acceptors (Lipinski definition) is 9. The van der Waals surface area contributed by atoms with Crippen molar-refractivity contribution in [1.29, 1.82) is 10.5 Å². The van der Waals surface area contributed by atoms with Gasteiger partial charge in [0.2, 0.25) is 21.5 Å². The van der Waals surface area contributed by atoms with Crippen LogP contribution in [0.25, 0.3) is 11.6 Å². The first-order valence-electron chi connectivity index (χ1n) is 22.0. The second kappa shape index (κ2) is 23.6. The summed E-state index contributed by atoms with van der Waals surface area (Å²) in [6, 6.07) is 22.6. The van der Waals surface area contributed by atoms with E-state index in [-0.39, 0.29) is 37.6 Å². The van der Waals surface area contributed by atoms with Crippen LogP contribution < -0.4 is 15.1 Å². The highest BCUT2D eigenvalue weighted by atomic mass is 35.5. The second-order valence-corrected chi connectivity index (χ2v) is 18.0. The molecular weight excluding hydrogens is 828 g/mol. The lowest BCUT2D eigenvalue weighted by atomic mass is 9.98. The number of ketones is 1. The molecule has 0 saturated heterocycles. The summed E-state index contributed by atoms with van der Waals surface area (Å²) >= 11 is 6.15. The van der Waals surface area contributed by atoms with Crippen molar-refractivity contribution in [2.45, 2.75) is 112 Å². The molecule has 1 aliphatic carbocycles. The number of benzene rings is 3. The number of Topliss-reactive ketones (excluding diaryl/α,β-unsaturated/α-hetero) is 1. The molecule has 3 aromatic carbocycles. The Morgan fingerprint density at radius 2 is 1.40 bits per heavy atom. The second-order valence-electron chi connectivity index (χ2n) is 15.8. The fraction of sp³-hybridized carbons (Fsp3) is 0.392. The van der Waals surface area contributed by atoms with E-state index in [2.05, 4.69) is 66.0 Å². The molecule has 0 unspecified atom stereocenters. The van der Waals surface area contributed by atoms with Gasteiger partial charge < -0.3 is 15.1 Å². The van der Waals surface area contributed by atoms with Gasteiger partial charge in [-0.25, -0.2) is 13.4 Å². The van der Waals surface area contributed by atoms with Gasteiger partial charge in [0.05, 0.1) is 31.9 Å². The van der Waals surface area contributed by atoms with E-state index in [0.717, 1.165) is 72.8 Å². The summed E-state index contributed by atoms with van der Waals surface area (Å²) in [6.07, 6.45) is 12.9. The quantitative estimate of drug-likeness (QED) is 0.0800. The average molecular weight is 890 g/mol. The summed E-state index contributed by atoms with van der Waals surface area (Å²) in [5, 5.41) is 21.7. The average Bonchev–Trinajstić information content (AvgIpc) is 3.48. The molecule has 332 valence electrons. The molecule has 1 amide bonds. The molecule has 0 atom stereocenters. The first-order chi connectivity index (χ1) is 30.2. The van der Waals surface area contributed by atoms with Gasteiger partial charge in [-0.1, -0.05) is 88.2 Å². The number of fused-ring (bicyclic) bond motifs is 1. The van der Waals surface area contributed by atoms with Crippen molar-refractivity contribution in [3.63, 3.8) is 0 Å². The molecule has 0 aromatic heterocycles. The third-order valence-corrected chi connectivity index (χ3v) is 13.5. The number of sulfone groups is 1. The Hall–Kier alpha value is -5.75. The Bertz CT molecular complexity index is 2510. The zero-order valence-corrected chi connectivity index (χ0v) is 39.6. The molecule has 0 bridgehead atoms. The molecule has 1 aliphatic heterocycles. The van der Waals surface area contributed by atoms with Crippen molar-refractivity contribution in [1.82, 2.24) is 5.32 Å². The van der Waals surface area contributed by atoms with E-state index in [1.807, 2.05) is 44.2 Å². The lowest BCUT2D eigenvalue weighted by Crippen LogP contribution is -2.29. The van der Waals surface area contributed by atoms with Gasteiger partial charge in [0.15, 0.2) is 0 Å². The molecule has 0 fully saturated rings. The molecule has 63 heavy (non-hydrogen) atoms. The molecule has 3 aromatic rings. The third-order valence-electron chi connectivity index (χ3n) is 11.2. The Balaban J connectivity index is 0.000000294. The van der Waals surface area contributed by atoms with Crippen LogP contribution in [0.4, 0.5) is 17.1 Å². The van der Waals surface area contributed by atoms with Crippen LogP contribution in [0.5, 0.6) is 0 Å². The van der Waals surface area contributed by atoms with Crippen molar-refractivity contribution in [3.8, 4) is 12.1 Å². The van der Waals surface area contributed by atoms with Crippen LogP contribution in [-0.4, -0.2) is 52.0 Å². The summed E-state index contributed by atoms with van der Waals surface area (Å²) < 4.78 is 26.9. The Labute approximate surface area is 380 Å². The fourth-order valence-corrected chi connectivity index (χ4v) is 9.53. The van der Waals surface area contributed by atoms with Crippen molar-refractivity contribution in [2.24, 2.45) is 4.99 Å². The van der Waals surface area contributed by atoms with Gasteiger partial charge in [-0.3, -0.25) is 9.59 Å². The van der Waals surface area contributed by atoms with Crippen LogP contribution in [0.2, 0.25) is 0 Å². The van der Waals surface area contributed by atoms with E-state index in [1.54, 1.807) is 37.3 Å². The molecule has 0 spiro atoms.